The summed E-state index contributed by atoms with van der Waals surface area (Å²) in [6.07, 6.45) is 60.4. The number of hydrogen-bond acceptors (Lipinski definition) is 14. The van der Waals surface area contributed by atoms with Crippen LogP contribution in [0.1, 0.15) is 213 Å². The van der Waals surface area contributed by atoms with Crippen LogP contribution in [0.3, 0.4) is 0 Å². The van der Waals surface area contributed by atoms with Gasteiger partial charge in [0.05, 0.1) is 26.4 Å². The second-order valence-corrected chi connectivity index (χ2v) is 22.7. The molecular formula is C63H106O16P2. The van der Waals surface area contributed by atoms with Gasteiger partial charge in [-0.05, 0) is 109 Å². The molecule has 0 rings (SSSR count). The number of ether oxygens (including phenoxy) is 3. The number of carbonyl (C=O) groups excluding carboxylic acids is 3. The summed E-state index contributed by atoms with van der Waals surface area (Å²) in [7, 11) is -9.79. The van der Waals surface area contributed by atoms with Gasteiger partial charge in [-0.1, -0.05) is 194 Å². The molecule has 81 heavy (non-hydrogen) atoms. The molecule has 5 unspecified atom stereocenters. The van der Waals surface area contributed by atoms with Crippen LogP contribution in [-0.2, 0) is 55.8 Å². The van der Waals surface area contributed by atoms with E-state index in [2.05, 4.69) is 112 Å². The molecule has 0 aromatic carbocycles. The summed E-state index contributed by atoms with van der Waals surface area (Å²) in [5, 5.41) is 20.4. The van der Waals surface area contributed by atoms with Crippen LogP contribution < -0.4 is 0 Å². The second-order valence-electron chi connectivity index (χ2n) is 19.8. The molecule has 0 heterocycles. The minimum atomic E-state index is -4.93. The summed E-state index contributed by atoms with van der Waals surface area (Å²) >= 11 is 0. The summed E-state index contributed by atoms with van der Waals surface area (Å²) in [4.78, 5) is 58.0. The van der Waals surface area contributed by atoms with Gasteiger partial charge < -0.3 is 34.2 Å². The van der Waals surface area contributed by atoms with Crippen LogP contribution in [0, 0.1) is 0 Å². The first kappa shape index (κ1) is 77.2. The maximum atomic E-state index is 12.8. The molecule has 0 bridgehead atoms. The fraction of sp³-hybridized carbons (Fsp3) is 0.667. The number of esters is 3. The number of rotatable bonds is 56. The number of allylic oxidation sites excluding steroid dienone is 18. The van der Waals surface area contributed by atoms with Crippen LogP contribution in [0.4, 0.5) is 0 Å². The molecule has 464 valence electrons. The lowest BCUT2D eigenvalue weighted by Gasteiger charge is -2.21. The zero-order valence-corrected chi connectivity index (χ0v) is 51.5. The first-order valence-electron chi connectivity index (χ1n) is 30.2. The molecule has 0 aliphatic carbocycles. The van der Waals surface area contributed by atoms with E-state index in [0.29, 0.717) is 25.7 Å². The lowest BCUT2D eigenvalue weighted by molar-refractivity contribution is -0.161. The first-order valence-corrected chi connectivity index (χ1v) is 33.2. The van der Waals surface area contributed by atoms with E-state index in [1.54, 1.807) is 0 Å². The minimum absolute atomic E-state index is 0.0577. The second kappa shape index (κ2) is 56.7. The first-order chi connectivity index (χ1) is 39.2. The van der Waals surface area contributed by atoms with Gasteiger partial charge in [0, 0.05) is 19.3 Å². The molecule has 0 aromatic rings. The Morgan fingerprint density at radius 3 is 1.16 bits per heavy atom. The number of phosphoric ester groups is 2. The lowest BCUT2D eigenvalue weighted by atomic mass is 10.1. The zero-order valence-electron chi connectivity index (χ0n) is 49.7. The van der Waals surface area contributed by atoms with E-state index in [9.17, 15) is 43.5 Å². The Morgan fingerprint density at radius 2 is 0.691 bits per heavy atom. The molecule has 5 atom stereocenters. The topological polar surface area (TPSA) is 231 Å². The summed E-state index contributed by atoms with van der Waals surface area (Å²) < 4.78 is 60.5. The van der Waals surface area contributed by atoms with Crippen molar-refractivity contribution in [3.63, 3.8) is 0 Å². The predicted octanol–water partition coefficient (Wildman–Crippen LogP) is 15.7. The van der Waals surface area contributed by atoms with Crippen molar-refractivity contribution in [3.8, 4) is 0 Å². The molecular weight excluding hydrogens is 1070 g/mol. The third kappa shape index (κ3) is 57.8. The van der Waals surface area contributed by atoms with Crippen molar-refractivity contribution in [2.24, 2.45) is 0 Å². The van der Waals surface area contributed by atoms with E-state index in [0.717, 1.165) is 116 Å². The maximum Gasteiger partial charge on any atom is 0.472 e. The smallest absolute Gasteiger partial charge is 0.463 e. The molecule has 0 amide bonds. The molecule has 0 saturated carbocycles. The van der Waals surface area contributed by atoms with Crippen molar-refractivity contribution in [3.05, 3.63) is 109 Å². The highest BCUT2D eigenvalue weighted by molar-refractivity contribution is 7.47. The fourth-order valence-electron chi connectivity index (χ4n) is 7.31. The van der Waals surface area contributed by atoms with E-state index >= 15 is 0 Å². The monoisotopic (exact) mass is 1180 g/mol. The van der Waals surface area contributed by atoms with Crippen molar-refractivity contribution < 1.29 is 75.8 Å². The van der Waals surface area contributed by atoms with Gasteiger partial charge in [0.1, 0.15) is 25.4 Å². The van der Waals surface area contributed by atoms with Crippen molar-refractivity contribution >= 4 is 33.6 Å². The number of unbranched alkanes of at least 4 members (excludes halogenated alkanes) is 15. The van der Waals surface area contributed by atoms with E-state index in [4.69, 9.17) is 32.3 Å². The molecule has 18 heteroatoms. The van der Waals surface area contributed by atoms with Gasteiger partial charge in [0.25, 0.3) is 0 Å². The van der Waals surface area contributed by atoms with Gasteiger partial charge >= 0.3 is 33.6 Å². The van der Waals surface area contributed by atoms with Crippen molar-refractivity contribution in [2.45, 2.75) is 232 Å². The number of aliphatic hydroxyl groups is 2. The Labute approximate surface area is 488 Å². The largest absolute Gasteiger partial charge is 0.472 e. The SMILES string of the molecule is CC/C=C\C/C=C\C/C=C\C/C=C\C/C=C\C/C=C\CCC(=O)OCC(O)COP(=O)(O)OCC(O)COP(=O)(O)OCC(COC(=O)CCCCCCC/C=C\C/C=C\CCCCC)OC(=O)CCCCCCC/C=C\CCCC. The molecule has 0 aliphatic heterocycles. The summed E-state index contributed by atoms with van der Waals surface area (Å²) in [5.41, 5.74) is 0. The van der Waals surface area contributed by atoms with Gasteiger partial charge in [-0.3, -0.25) is 32.5 Å². The highest BCUT2D eigenvalue weighted by Crippen LogP contribution is 2.45. The third-order valence-electron chi connectivity index (χ3n) is 12.0. The molecule has 0 aliphatic rings. The quantitative estimate of drug-likeness (QED) is 0.0146. The van der Waals surface area contributed by atoms with Crippen LogP contribution in [0.2, 0.25) is 0 Å². The average molecular weight is 1180 g/mol. The summed E-state index contributed by atoms with van der Waals surface area (Å²) in [6, 6.07) is 0. The Balaban J connectivity index is 4.71. The number of aliphatic hydroxyl groups excluding tert-OH is 2. The molecule has 0 spiro atoms. The van der Waals surface area contributed by atoms with Crippen molar-refractivity contribution in [2.75, 3.05) is 39.6 Å². The number of carbonyl (C=O) groups is 3. The van der Waals surface area contributed by atoms with Gasteiger partial charge in [-0.2, -0.15) is 0 Å². The Bertz CT molecular complexity index is 1920. The molecule has 0 aromatic heterocycles. The van der Waals surface area contributed by atoms with Crippen LogP contribution in [0.15, 0.2) is 109 Å². The maximum absolute atomic E-state index is 12.8. The fourth-order valence-corrected chi connectivity index (χ4v) is 8.90. The van der Waals surface area contributed by atoms with Crippen molar-refractivity contribution in [1.29, 1.82) is 0 Å². The summed E-state index contributed by atoms with van der Waals surface area (Å²) in [6.45, 7) is 2.33. The predicted molar refractivity (Wildman–Crippen MR) is 325 cm³/mol. The number of hydrogen-bond donors (Lipinski definition) is 4. The highest BCUT2D eigenvalue weighted by Gasteiger charge is 2.29. The minimum Gasteiger partial charge on any atom is -0.463 e. The average Bonchev–Trinajstić information content (AvgIpc) is 3.44. The summed E-state index contributed by atoms with van der Waals surface area (Å²) in [5.74, 6) is -1.69. The van der Waals surface area contributed by atoms with Crippen LogP contribution >= 0.6 is 15.6 Å². The van der Waals surface area contributed by atoms with Gasteiger partial charge in [0.15, 0.2) is 6.10 Å². The Kier molecular flexibility index (Phi) is 54.0. The normalized spacial score (nSPS) is 15.2. The van der Waals surface area contributed by atoms with Crippen molar-refractivity contribution in [1.82, 2.24) is 0 Å². The van der Waals surface area contributed by atoms with Gasteiger partial charge in [-0.25, -0.2) is 9.13 Å². The molecule has 16 nitrogen and oxygen atoms in total. The van der Waals surface area contributed by atoms with E-state index in [1.807, 2.05) is 18.2 Å². The van der Waals surface area contributed by atoms with Gasteiger partial charge in [0.2, 0.25) is 0 Å². The molecule has 0 radical (unpaired) electrons. The standard InChI is InChI=1S/C63H106O16P2/c1-4-7-10-13-16-19-22-24-26-27-28-29-31-33-35-37-40-43-46-49-61(66)73-52-58(64)53-75-80(69,70)76-54-59(65)55-77-81(71,72)78-57-60(79-63(68)51-48-45-42-39-34-21-18-15-12-9-6-3)56-74-62(67)50-47-44-41-38-36-32-30-25-23-20-17-14-11-8-5-2/h7,10,15-20,24-26,28-30,33,35,40,43,58-60,64-65H,4-6,8-9,11-14,21-23,27,31-32,34,36-39,41-42,44-57H2,1-3H3,(H,69,70)(H,71,72)/b10-7-,18-15-,19-16-,20-17-,26-24-,29-28-,30-25-,35-33-,43-40-. The highest BCUT2D eigenvalue weighted by atomic mass is 31.2. The third-order valence-corrected chi connectivity index (χ3v) is 13.9. The number of phosphoric acid groups is 2. The van der Waals surface area contributed by atoms with E-state index in [-0.39, 0.29) is 19.3 Å². The Morgan fingerprint density at radius 1 is 0.358 bits per heavy atom. The van der Waals surface area contributed by atoms with E-state index < -0.39 is 91.5 Å². The van der Waals surface area contributed by atoms with Crippen LogP contribution in [0.5, 0.6) is 0 Å². The van der Waals surface area contributed by atoms with Crippen LogP contribution in [0.25, 0.3) is 0 Å². The Hall–Kier alpha value is -3.79. The van der Waals surface area contributed by atoms with Crippen LogP contribution in [-0.4, -0.2) is 95.9 Å². The van der Waals surface area contributed by atoms with E-state index in [1.165, 1.54) is 32.1 Å². The molecule has 4 N–H and O–H groups in total. The van der Waals surface area contributed by atoms with Gasteiger partial charge in [-0.15, -0.1) is 0 Å². The molecule has 0 fully saturated rings. The molecule has 0 saturated heterocycles. The zero-order chi connectivity index (χ0) is 59.6. The lowest BCUT2D eigenvalue weighted by Crippen LogP contribution is -2.30.